The van der Waals surface area contributed by atoms with Crippen molar-refractivity contribution in [1.82, 2.24) is 9.97 Å². The molecular weight excluding hydrogens is 488 g/mol. The topological polar surface area (TPSA) is 56.3 Å². The number of aryl methyl sites for hydroxylation is 2. The van der Waals surface area contributed by atoms with Crippen molar-refractivity contribution in [2.75, 3.05) is 0 Å². The fraction of sp³-hybridized carbons (Fsp3) is 0.500. The predicted molar refractivity (Wildman–Crippen MR) is 175 cm³/mol. The van der Waals surface area contributed by atoms with E-state index >= 15 is 0 Å². The van der Waals surface area contributed by atoms with Crippen LogP contribution in [0.15, 0.2) is 43.7 Å². The molecule has 2 aromatic heterocycles. The molecule has 2 aliphatic rings. The summed E-state index contributed by atoms with van der Waals surface area (Å²) in [5.41, 5.74) is 20.5. The highest BCUT2D eigenvalue weighted by Gasteiger charge is 2.32. The monoisotopic (exact) mass is 538 g/mol. The highest BCUT2D eigenvalue weighted by molar-refractivity contribution is 6.55. The van der Waals surface area contributed by atoms with E-state index in [0.29, 0.717) is 0 Å². The van der Waals surface area contributed by atoms with Crippen LogP contribution in [-0.4, -0.2) is 21.4 Å². The number of rotatable bonds is 11. The number of hydrogen-bond donors (Lipinski definition) is 2. The third-order valence-corrected chi connectivity index (χ3v) is 8.93. The van der Waals surface area contributed by atoms with Crippen LogP contribution in [0.1, 0.15) is 126 Å². The van der Waals surface area contributed by atoms with Crippen LogP contribution >= 0.6 is 0 Å². The van der Waals surface area contributed by atoms with E-state index in [-0.39, 0.29) is 0 Å². The zero-order valence-electron chi connectivity index (χ0n) is 26.7. The summed E-state index contributed by atoms with van der Waals surface area (Å²) in [7, 11) is 0. The molecule has 0 aromatic carbocycles. The number of aromatic nitrogens is 2. The van der Waals surface area contributed by atoms with Gasteiger partial charge in [0.25, 0.3) is 0 Å². The Kier molecular flexibility index (Phi) is 9.38. The molecule has 0 saturated carbocycles. The van der Waals surface area contributed by atoms with Crippen LogP contribution in [0.5, 0.6) is 0 Å². The molecular formula is C36H50N4. The van der Waals surface area contributed by atoms with Crippen molar-refractivity contribution < 1.29 is 0 Å². The normalized spacial score (nSPS) is 17.8. The van der Waals surface area contributed by atoms with Gasteiger partial charge in [0, 0.05) is 22.8 Å². The summed E-state index contributed by atoms with van der Waals surface area (Å²) in [5.74, 6) is 0. The SMILES string of the molecule is CCC1=C(CC)C(C2=NC(=Cc3[nH]c(C)c(CC)c3CC)C(CC)=C2CC)=NC1=Cc1[nH]c(C)c(CC)c1CC. The summed E-state index contributed by atoms with van der Waals surface area (Å²) in [5, 5.41) is 0. The lowest BCUT2D eigenvalue weighted by Crippen LogP contribution is -2.16. The molecule has 4 heteroatoms. The molecule has 4 nitrogen and oxygen atoms in total. The van der Waals surface area contributed by atoms with Gasteiger partial charge in [-0.1, -0.05) is 55.4 Å². The average Bonchev–Trinajstić information content (AvgIpc) is 3.66. The first-order valence-corrected chi connectivity index (χ1v) is 15.8. The van der Waals surface area contributed by atoms with E-state index in [1.165, 1.54) is 67.3 Å². The minimum Gasteiger partial charge on any atom is -0.359 e. The van der Waals surface area contributed by atoms with Crippen molar-refractivity contribution in [3.05, 3.63) is 78.7 Å². The Morgan fingerprint density at radius 3 is 1.05 bits per heavy atom. The molecule has 0 atom stereocenters. The number of aliphatic imine (C=N–C) groups is 2. The van der Waals surface area contributed by atoms with E-state index in [0.717, 1.165) is 74.2 Å². The fourth-order valence-corrected chi connectivity index (χ4v) is 7.06. The Bertz CT molecular complexity index is 1360. The molecule has 4 heterocycles. The van der Waals surface area contributed by atoms with Gasteiger partial charge < -0.3 is 9.97 Å². The summed E-state index contributed by atoms with van der Waals surface area (Å²) >= 11 is 0. The molecule has 0 spiro atoms. The summed E-state index contributed by atoms with van der Waals surface area (Å²) < 4.78 is 0. The number of allylic oxidation sites excluding steroid dienone is 4. The molecule has 0 saturated heterocycles. The standard InChI is InChI=1S/C36H50N4/c1-11-23-21(9)37-31(25(23)13-3)19-33-27(15-5)29(17-7)35(39-33)36-30(18-8)28(16-6)34(40-36)20-32-26(14-4)24(12-2)22(10)38-32/h19-20,37-38H,11-18H2,1-10H3. The van der Waals surface area contributed by atoms with Crippen molar-refractivity contribution in [3.8, 4) is 0 Å². The van der Waals surface area contributed by atoms with Gasteiger partial charge in [-0.05, 0) is 122 Å². The first-order chi connectivity index (χ1) is 19.3. The number of aromatic amines is 2. The number of nitrogens with one attached hydrogen (secondary N) is 2. The lowest BCUT2D eigenvalue weighted by Gasteiger charge is -2.10. The molecule has 214 valence electrons. The zero-order valence-corrected chi connectivity index (χ0v) is 26.7. The Balaban J connectivity index is 1.89. The van der Waals surface area contributed by atoms with E-state index in [1.54, 1.807) is 0 Å². The predicted octanol–water partition coefficient (Wildman–Crippen LogP) is 9.73. The molecule has 0 radical (unpaired) electrons. The van der Waals surface area contributed by atoms with Gasteiger partial charge in [0.05, 0.1) is 22.8 Å². The van der Waals surface area contributed by atoms with Gasteiger partial charge >= 0.3 is 0 Å². The van der Waals surface area contributed by atoms with E-state index in [9.17, 15) is 0 Å². The number of H-pyrrole nitrogens is 2. The minimum atomic E-state index is 0.954. The summed E-state index contributed by atoms with van der Waals surface area (Å²) in [6.07, 6.45) is 12.6. The fourth-order valence-electron chi connectivity index (χ4n) is 7.06. The number of nitrogens with zero attached hydrogens (tertiary/aromatic N) is 2. The Labute approximate surface area is 242 Å². The van der Waals surface area contributed by atoms with Crippen LogP contribution in [0, 0.1) is 13.8 Å². The average molecular weight is 539 g/mol. The molecule has 2 aliphatic heterocycles. The van der Waals surface area contributed by atoms with Gasteiger partial charge in [-0.3, -0.25) is 0 Å². The van der Waals surface area contributed by atoms with Crippen molar-refractivity contribution >= 4 is 23.6 Å². The van der Waals surface area contributed by atoms with Crippen LogP contribution in [0.4, 0.5) is 0 Å². The smallest absolute Gasteiger partial charge is 0.0932 e. The zero-order chi connectivity index (χ0) is 29.1. The largest absolute Gasteiger partial charge is 0.359 e. The quantitative estimate of drug-likeness (QED) is 0.286. The van der Waals surface area contributed by atoms with E-state index in [4.69, 9.17) is 9.98 Å². The van der Waals surface area contributed by atoms with Crippen LogP contribution in [0.2, 0.25) is 0 Å². The van der Waals surface area contributed by atoms with Crippen LogP contribution in [0.3, 0.4) is 0 Å². The second kappa shape index (κ2) is 12.6. The summed E-state index contributed by atoms with van der Waals surface area (Å²) in [6, 6.07) is 0. The molecule has 0 fully saturated rings. The maximum atomic E-state index is 5.37. The molecule has 0 amide bonds. The Morgan fingerprint density at radius 2 is 0.775 bits per heavy atom. The van der Waals surface area contributed by atoms with Crippen molar-refractivity contribution in [2.45, 2.75) is 121 Å². The highest BCUT2D eigenvalue weighted by atomic mass is 14.9. The van der Waals surface area contributed by atoms with E-state index in [2.05, 4.69) is 91.4 Å². The van der Waals surface area contributed by atoms with Gasteiger partial charge in [0.2, 0.25) is 0 Å². The van der Waals surface area contributed by atoms with Crippen molar-refractivity contribution in [3.63, 3.8) is 0 Å². The lowest BCUT2D eigenvalue weighted by atomic mass is 9.91. The molecule has 40 heavy (non-hydrogen) atoms. The molecule has 0 unspecified atom stereocenters. The van der Waals surface area contributed by atoms with E-state index < -0.39 is 0 Å². The maximum absolute atomic E-state index is 5.37. The number of hydrogen-bond acceptors (Lipinski definition) is 2. The van der Waals surface area contributed by atoms with Gasteiger partial charge in [-0.25, -0.2) is 9.98 Å². The first-order valence-electron chi connectivity index (χ1n) is 15.8. The van der Waals surface area contributed by atoms with Gasteiger partial charge in [-0.2, -0.15) is 0 Å². The van der Waals surface area contributed by atoms with Crippen LogP contribution < -0.4 is 0 Å². The van der Waals surface area contributed by atoms with Gasteiger partial charge in [0.15, 0.2) is 0 Å². The summed E-state index contributed by atoms with van der Waals surface area (Å²) in [6.45, 7) is 22.4. The molecule has 4 rings (SSSR count). The lowest BCUT2D eigenvalue weighted by molar-refractivity contribution is 1.04. The third kappa shape index (κ3) is 5.06. The second-order valence-corrected chi connectivity index (χ2v) is 11.0. The van der Waals surface area contributed by atoms with Crippen molar-refractivity contribution in [1.29, 1.82) is 0 Å². The van der Waals surface area contributed by atoms with E-state index in [1.807, 2.05) is 0 Å². The molecule has 0 aliphatic carbocycles. The molecule has 2 N–H and O–H groups in total. The maximum Gasteiger partial charge on any atom is 0.0932 e. The minimum absolute atomic E-state index is 0.954. The van der Waals surface area contributed by atoms with Crippen LogP contribution in [-0.2, 0) is 25.7 Å². The Hall–Kier alpha value is -3.14. The molecule has 0 bridgehead atoms. The van der Waals surface area contributed by atoms with Crippen molar-refractivity contribution in [2.24, 2.45) is 9.98 Å². The van der Waals surface area contributed by atoms with Gasteiger partial charge in [-0.15, -0.1) is 0 Å². The Morgan fingerprint density at radius 1 is 0.450 bits per heavy atom. The second-order valence-electron chi connectivity index (χ2n) is 11.0. The van der Waals surface area contributed by atoms with Gasteiger partial charge in [0.1, 0.15) is 0 Å². The molecule has 2 aromatic rings. The van der Waals surface area contributed by atoms with Crippen LogP contribution in [0.25, 0.3) is 12.2 Å². The third-order valence-electron chi connectivity index (χ3n) is 8.93. The summed E-state index contributed by atoms with van der Waals surface area (Å²) in [4.78, 5) is 18.1. The first kappa shape index (κ1) is 29.8. The highest BCUT2D eigenvalue weighted by Crippen LogP contribution is 2.39.